The molecule has 0 rings (SSSR count). The Bertz CT molecular complexity index is 258. The van der Waals surface area contributed by atoms with Crippen molar-refractivity contribution in [1.82, 2.24) is 0 Å². The monoisotopic (exact) mass is 187 g/mol. The number of nitrogens with two attached hydrogens (primary N) is 1. The number of ketones is 1. The number of rotatable bonds is 5. The zero-order chi connectivity index (χ0) is 10.4. The van der Waals surface area contributed by atoms with E-state index in [4.69, 9.17) is 15.9 Å². The van der Waals surface area contributed by atoms with Gasteiger partial charge in [-0.05, 0) is 12.5 Å². The summed E-state index contributed by atoms with van der Waals surface area (Å²) in [7, 11) is 0. The first kappa shape index (κ1) is 11.3. The van der Waals surface area contributed by atoms with Gasteiger partial charge in [0.15, 0.2) is 0 Å². The largest absolute Gasteiger partial charge is 0.480 e. The Morgan fingerprint density at radius 3 is 2.23 bits per heavy atom. The van der Waals surface area contributed by atoms with Gasteiger partial charge in [0.25, 0.3) is 5.78 Å². The third-order valence-electron chi connectivity index (χ3n) is 1.19. The maximum atomic E-state index is 10.4. The number of aliphatic carboxylic acids is 2. The molecule has 13 heavy (non-hydrogen) atoms. The number of carboxylic acid groups (broad SMARTS) is 2. The summed E-state index contributed by atoms with van der Waals surface area (Å²) in [6.45, 7) is 0. The zero-order valence-electron chi connectivity index (χ0n) is 6.64. The molecule has 1 atom stereocenters. The molecule has 0 spiro atoms. The summed E-state index contributed by atoms with van der Waals surface area (Å²) in [5, 5.41) is 16.4. The maximum absolute atomic E-state index is 10.4. The van der Waals surface area contributed by atoms with Crippen LogP contribution in [-0.4, -0.2) is 34.0 Å². The molecule has 72 valence electrons. The molecule has 0 saturated heterocycles. The van der Waals surface area contributed by atoms with Crippen molar-refractivity contribution in [2.45, 2.75) is 12.5 Å². The van der Waals surface area contributed by atoms with Crippen LogP contribution in [0.1, 0.15) is 6.42 Å². The lowest BCUT2D eigenvalue weighted by molar-refractivity contribution is -0.146. The Kier molecular flexibility index (Phi) is 4.39. The summed E-state index contributed by atoms with van der Waals surface area (Å²) in [6.07, 6.45) is 1.83. The summed E-state index contributed by atoms with van der Waals surface area (Å²) in [6, 6.07) is -1.11. The van der Waals surface area contributed by atoms with E-state index in [0.717, 1.165) is 12.2 Å². The number of carbonyl (C=O) groups excluding carboxylic acids is 1. The Morgan fingerprint density at radius 1 is 1.31 bits per heavy atom. The Hall–Kier alpha value is -1.69. The van der Waals surface area contributed by atoms with Crippen molar-refractivity contribution in [3.05, 3.63) is 12.2 Å². The lowest BCUT2D eigenvalue weighted by Crippen LogP contribution is -2.29. The fourth-order valence-electron chi connectivity index (χ4n) is 0.494. The SMILES string of the molecule is NC(CC=CC(=O)C(=O)O)C(=O)O. The van der Waals surface area contributed by atoms with Crippen molar-refractivity contribution in [2.24, 2.45) is 5.73 Å². The van der Waals surface area contributed by atoms with Crippen LogP contribution in [0.2, 0.25) is 0 Å². The van der Waals surface area contributed by atoms with E-state index in [-0.39, 0.29) is 6.42 Å². The molecule has 0 aliphatic carbocycles. The summed E-state index contributed by atoms with van der Waals surface area (Å²) < 4.78 is 0. The van der Waals surface area contributed by atoms with Crippen LogP contribution in [0, 0.1) is 0 Å². The number of hydrogen-bond acceptors (Lipinski definition) is 4. The second kappa shape index (κ2) is 5.04. The van der Waals surface area contributed by atoms with Gasteiger partial charge in [-0.2, -0.15) is 0 Å². The molecular weight excluding hydrogens is 178 g/mol. The Balaban J connectivity index is 3.95. The molecule has 6 nitrogen and oxygen atoms in total. The molecule has 0 aliphatic heterocycles. The number of carbonyl (C=O) groups is 3. The van der Waals surface area contributed by atoms with Gasteiger partial charge >= 0.3 is 11.9 Å². The lowest BCUT2D eigenvalue weighted by atomic mass is 10.2. The van der Waals surface area contributed by atoms with Gasteiger partial charge in [0.2, 0.25) is 0 Å². The molecule has 0 heterocycles. The van der Waals surface area contributed by atoms with Gasteiger partial charge < -0.3 is 15.9 Å². The highest BCUT2D eigenvalue weighted by Crippen LogP contribution is 1.90. The molecular formula is C7H9NO5. The van der Waals surface area contributed by atoms with Crippen molar-refractivity contribution in [3.8, 4) is 0 Å². The molecule has 0 aromatic heterocycles. The van der Waals surface area contributed by atoms with E-state index in [1.807, 2.05) is 0 Å². The van der Waals surface area contributed by atoms with Gasteiger partial charge in [-0.3, -0.25) is 9.59 Å². The van der Waals surface area contributed by atoms with Crippen LogP contribution < -0.4 is 5.73 Å². The van der Waals surface area contributed by atoms with E-state index in [0.29, 0.717) is 0 Å². The molecule has 0 bridgehead atoms. The van der Waals surface area contributed by atoms with Gasteiger partial charge in [-0.25, -0.2) is 4.79 Å². The molecule has 6 heteroatoms. The Morgan fingerprint density at radius 2 is 1.85 bits per heavy atom. The van der Waals surface area contributed by atoms with Crippen molar-refractivity contribution < 1.29 is 24.6 Å². The van der Waals surface area contributed by atoms with E-state index in [1.165, 1.54) is 0 Å². The summed E-state index contributed by atoms with van der Waals surface area (Å²) in [5.41, 5.74) is 5.07. The van der Waals surface area contributed by atoms with Crippen LogP contribution in [0.3, 0.4) is 0 Å². The summed E-state index contributed by atoms with van der Waals surface area (Å²) in [4.78, 5) is 30.5. The average Bonchev–Trinajstić information content (AvgIpc) is 2.03. The number of carboxylic acids is 2. The zero-order valence-corrected chi connectivity index (χ0v) is 6.64. The number of hydrogen-bond donors (Lipinski definition) is 3. The highest BCUT2D eigenvalue weighted by atomic mass is 16.4. The molecule has 0 aromatic carbocycles. The minimum Gasteiger partial charge on any atom is -0.480 e. The normalized spacial score (nSPS) is 12.7. The molecule has 0 saturated carbocycles. The first-order valence-corrected chi connectivity index (χ1v) is 3.37. The fourth-order valence-corrected chi connectivity index (χ4v) is 0.494. The maximum Gasteiger partial charge on any atom is 0.376 e. The second-order valence-electron chi connectivity index (χ2n) is 2.25. The van der Waals surface area contributed by atoms with Gasteiger partial charge in [-0.15, -0.1) is 0 Å². The highest BCUT2D eigenvalue weighted by molar-refractivity contribution is 6.37. The van der Waals surface area contributed by atoms with Crippen LogP contribution in [-0.2, 0) is 14.4 Å². The van der Waals surface area contributed by atoms with E-state index < -0.39 is 23.8 Å². The third kappa shape index (κ3) is 4.70. The molecule has 0 amide bonds. The first-order valence-electron chi connectivity index (χ1n) is 3.37. The van der Waals surface area contributed by atoms with Crippen LogP contribution in [0.15, 0.2) is 12.2 Å². The molecule has 0 aromatic rings. The smallest absolute Gasteiger partial charge is 0.376 e. The van der Waals surface area contributed by atoms with E-state index in [2.05, 4.69) is 0 Å². The fraction of sp³-hybridized carbons (Fsp3) is 0.286. The summed E-state index contributed by atoms with van der Waals surface area (Å²) in [5.74, 6) is -3.88. The van der Waals surface area contributed by atoms with Crippen molar-refractivity contribution in [2.75, 3.05) is 0 Å². The van der Waals surface area contributed by atoms with Gasteiger partial charge in [-0.1, -0.05) is 6.08 Å². The Labute approximate surface area is 73.7 Å². The quantitative estimate of drug-likeness (QED) is 0.375. The van der Waals surface area contributed by atoms with Gasteiger partial charge in [0, 0.05) is 0 Å². The van der Waals surface area contributed by atoms with Crippen LogP contribution in [0.25, 0.3) is 0 Å². The van der Waals surface area contributed by atoms with E-state index >= 15 is 0 Å². The molecule has 1 unspecified atom stereocenters. The van der Waals surface area contributed by atoms with Crippen LogP contribution in [0.5, 0.6) is 0 Å². The molecule has 0 radical (unpaired) electrons. The average molecular weight is 187 g/mol. The van der Waals surface area contributed by atoms with Crippen LogP contribution in [0.4, 0.5) is 0 Å². The van der Waals surface area contributed by atoms with Crippen molar-refractivity contribution in [3.63, 3.8) is 0 Å². The summed E-state index contributed by atoms with van der Waals surface area (Å²) >= 11 is 0. The predicted molar refractivity (Wildman–Crippen MR) is 42.0 cm³/mol. The topological polar surface area (TPSA) is 118 Å². The van der Waals surface area contributed by atoms with E-state index in [1.54, 1.807) is 0 Å². The predicted octanol–water partition coefficient (Wildman–Crippen LogP) is -1.00. The van der Waals surface area contributed by atoms with Crippen molar-refractivity contribution >= 4 is 17.7 Å². The van der Waals surface area contributed by atoms with Gasteiger partial charge in [0.05, 0.1) is 0 Å². The lowest BCUT2D eigenvalue weighted by Gasteiger charge is -1.99. The standard InChI is InChI=1S/C7H9NO5/c8-4(6(10)11)2-1-3-5(9)7(12)13/h1,3-4H,2,8H2,(H,10,11)(H,12,13). The first-order chi connectivity index (χ1) is 5.95. The minimum absolute atomic E-state index is 0.0750. The second-order valence-corrected chi connectivity index (χ2v) is 2.25. The van der Waals surface area contributed by atoms with Crippen molar-refractivity contribution in [1.29, 1.82) is 0 Å². The highest BCUT2D eigenvalue weighted by Gasteiger charge is 2.10. The minimum atomic E-state index is -1.58. The molecule has 4 N–H and O–H groups in total. The van der Waals surface area contributed by atoms with Gasteiger partial charge in [0.1, 0.15) is 6.04 Å². The third-order valence-corrected chi connectivity index (χ3v) is 1.19. The van der Waals surface area contributed by atoms with E-state index in [9.17, 15) is 14.4 Å². The van der Waals surface area contributed by atoms with Crippen LogP contribution >= 0.6 is 0 Å². The molecule has 0 aliphatic rings. The molecule has 0 fully saturated rings.